The molecule has 1 N–H and O–H groups in total. The first-order chi connectivity index (χ1) is 9.73. The van der Waals surface area contributed by atoms with Crippen molar-refractivity contribution in [3.8, 4) is 0 Å². The van der Waals surface area contributed by atoms with Gasteiger partial charge in [-0.3, -0.25) is 4.90 Å². The molecule has 0 amide bonds. The van der Waals surface area contributed by atoms with Gasteiger partial charge in [0.2, 0.25) is 0 Å². The Morgan fingerprint density at radius 3 is 2.45 bits per heavy atom. The second-order valence-electron chi connectivity index (χ2n) is 6.73. The second kappa shape index (κ2) is 5.87. The number of likely N-dealkylation sites (tertiary alicyclic amines) is 1. The zero-order chi connectivity index (χ0) is 14.0. The molecule has 3 unspecified atom stereocenters. The molecule has 20 heavy (non-hydrogen) atoms. The van der Waals surface area contributed by atoms with E-state index in [1.165, 1.54) is 31.2 Å². The number of hydrogen-bond acceptors (Lipinski definition) is 2. The van der Waals surface area contributed by atoms with Crippen molar-refractivity contribution in [2.75, 3.05) is 13.1 Å². The standard InChI is InChI=1S/C18H27NO/c1-15-10-11-18(17(20)14-15,16-8-4-2-5-9-16)19-12-6-3-7-13-19/h2,4-5,8-9,15,17,20H,3,6-7,10-14H2,1H3. The van der Waals surface area contributed by atoms with Gasteiger partial charge < -0.3 is 5.11 Å². The van der Waals surface area contributed by atoms with Crippen molar-refractivity contribution in [3.05, 3.63) is 35.9 Å². The summed E-state index contributed by atoms with van der Waals surface area (Å²) in [5.41, 5.74) is 1.19. The Labute approximate surface area is 122 Å². The molecule has 2 nitrogen and oxygen atoms in total. The van der Waals surface area contributed by atoms with E-state index in [1.54, 1.807) is 0 Å². The van der Waals surface area contributed by atoms with Crippen molar-refractivity contribution in [2.24, 2.45) is 5.92 Å². The summed E-state index contributed by atoms with van der Waals surface area (Å²) in [5, 5.41) is 11.0. The lowest BCUT2D eigenvalue weighted by Crippen LogP contribution is -2.58. The van der Waals surface area contributed by atoms with Gasteiger partial charge in [0.25, 0.3) is 0 Å². The number of benzene rings is 1. The van der Waals surface area contributed by atoms with Crippen LogP contribution in [-0.4, -0.2) is 29.2 Å². The Hall–Kier alpha value is -0.860. The summed E-state index contributed by atoms with van der Waals surface area (Å²) in [6.07, 6.45) is 6.92. The lowest BCUT2D eigenvalue weighted by Gasteiger charge is -2.52. The first-order valence-electron chi connectivity index (χ1n) is 8.22. The topological polar surface area (TPSA) is 23.5 Å². The van der Waals surface area contributed by atoms with E-state index in [9.17, 15) is 5.11 Å². The van der Waals surface area contributed by atoms with Gasteiger partial charge in [-0.1, -0.05) is 43.7 Å². The predicted molar refractivity (Wildman–Crippen MR) is 82.6 cm³/mol. The summed E-state index contributed by atoms with van der Waals surface area (Å²) in [4.78, 5) is 2.59. The molecule has 110 valence electrons. The zero-order valence-electron chi connectivity index (χ0n) is 12.6. The maximum Gasteiger partial charge on any atom is 0.0768 e. The van der Waals surface area contributed by atoms with Crippen LogP contribution in [0.4, 0.5) is 0 Å². The molecular weight excluding hydrogens is 246 g/mol. The van der Waals surface area contributed by atoms with Crippen LogP contribution >= 0.6 is 0 Å². The third-order valence-electron chi connectivity index (χ3n) is 5.39. The van der Waals surface area contributed by atoms with Gasteiger partial charge >= 0.3 is 0 Å². The van der Waals surface area contributed by atoms with Gasteiger partial charge in [-0.2, -0.15) is 0 Å². The summed E-state index contributed by atoms with van der Waals surface area (Å²) >= 11 is 0. The van der Waals surface area contributed by atoms with Crippen molar-refractivity contribution in [3.63, 3.8) is 0 Å². The van der Waals surface area contributed by atoms with E-state index in [2.05, 4.69) is 42.2 Å². The molecule has 0 bridgehead atoms. The Morgan fingerprint density at radius 1 is 1.10 bits per heavy atom. The van der Waals surface area contributed by atoms with Gasteiger partial charge in [-0.05, 0) is 56.7 Å². The lowest BCUT2D eigenvalue weighted by molar-refractivity contribution is -0.0831. The number of piperidine rings is 1. The minimum absolute atomic E-state index is 0.131. The largest absolute Gasteiger partial charge is 0.391 e. The van der Waals surface area contributed by atoms with Crippen LogP contribution in [0.2, 0.25) is 0 Å². The first-order valence-corrected chi connectivity index (χ1v) is 8.22. The number of hydrogen-bond donors (Lipinski definition) is 1. The van der Waals surface area contributed by atoms with Crippen molar-refractivity contribution in [1.82, 2.24) is 4.90 Å². The van der Waals surface area contributed by atoms with Crippen LogP contribution in [0.3, 0.4) is 0 Å². The fourth-order valence-electron chi connectivity index (χ4n) is 4.23. The quantitative estimate of drug-likeness (QED) is 0.891. The molecule has 3 atom stereocenters. The lowest BCUT2D eigenvalue weighted by atomic mass is 9.69. The molecule has 0 radical (unpaired) electrons. The van der Waals surface area contributed by atoms with E-state index < -0.39 is 0 Å². The molecule has 1 saturated heterocycles. The van der Waals surface area contributed by atoms with Crippen LogP contribution in [0.15, 0.2) is 30.3 Å². The SMILES string of the molecule is CC1CCC(c2ccccc2)(N2CCCCC2)C(O)C1. The minimum Gasteiger partial charge on any atom is -0.391 e. The maximum atomic E-state index is 11.0. The van der Waals surface area contributed by atoms with Crippen LogP contribution < -0.4 is 0 Å². The Bertz CT molecular complexity index is 426. The molecular formula is C18H27NO. The molecule has 2 fully saturated rings. The van der Waals surface area contributed by atoms with E-state index >= 15 is 0 Å². The normalized spacial score (nSPS) is 35.9. The third-order valence-corrected chi connectivity index (χ3v) is 5.39. The van der Waals surface area contributed by atoms with E-state index in [0.29, 0.717) is 5.92 Å². The number of rotatable bonds is 2. The van der Waals surface area contributed by atoms with E-state index in [4.69, 9.17) is 0 Å². The van der Waals surface area contributed by atoms with Crippen molar-refractivity contribution in [2.45, 2.75) is 57.1 Å². The smallest absolute Gasteiger partial charge is 0.0768 e. The molecule has 3 rings (SSSR count). The molecule has 1 saturated carbocycles. The van der Waals surface area contributed by atoms with Crippen molar-refractivity contribution >= 4 is 0 Å². The molecule has 2 aliphatic rings. The molecule has 1 aliphatic carbocycles. The molecule has 1 aliphatic heterocycles. The molecule has 1 aromatic carbocycles. The molecule has 0 spiro atoms. The van der Waals surface area contributed by atoms with Gasteiger partial charge in [-0.25, -0.2) is 0 Å². The van der Waals surface area contributed by atoms with Crippen LogP contribution in [0.25, 0.3) is 0 Å². The summed E-state index contributed by atoms with van der Waals surface area (Å²) in [6.45, 7) is 4.55. The maximum absolute atomic E-state index is 11.0. The van der Waals surface area contributed by atoms with Gasteiger partial charge in [0.15, 0.2) is 0 Å². The van der Waals surface area contributed by atoms with Crippen LogP contribution in [-0.2, 0) is 5.54 Å². The van der Waals surface area contributed by atoms with Crippen molar-refractivity contribution in [1.29, 1.82) is 0 Å². The number of aliphatic hydroxyl groups is 1. The predicted octanol–water partition coefficient (Wildman–Crippen LogP) is 3.55. The molecule has 2 heteroatoms. The highest BCUT2D eigenvalue weighted by molar-refractivity contribution is 5.27. The zero-order valence-corrected chi connectivity index (χ0v) is 12.6. The average Bonchev–Trinajstić information content (AvgIpc) is 2.50. The highest BCUT2D eigenvalue weighted by Crippen LogP contribution is 2.45. The van der Waals surface area contributed by atoms with E-state index in [0.717, 1.165) is 25.9 Å². The van der Waals surface area contributed by atoms with Gasteiger partial charge in [0, 0.05) is 0 Å². The highest BCUT2D eigenvalue weighted by Gasteiger charge is 2.47. The van der Waals surface area contributed by atoms with E-state index in [-0.39, 0.29) is 11.6 Å². The monoisotopic (exact) mass is 273 g/mol. The molecule has 1 aromatic rings. The summed E-state index contributed by atoms with van der Waals surface area (Å²) in [6, 6.07) is 10.7. The average molecular weight is 273 g/mol. The summed E-state index contributed by atoms with van der Waals surface area (Å²) in [5.74, 6) is 0.645. The fourth-order valence-corrected chi connectivity index (χ4v) is 4.23. The summed E-state index contributed by atoms with van der Waals surface area (Å²) < 4.78 is 0. The molecule has 0 aromatic heterocycles. The van der Waals surface area contributed by atoms with Gasteiger partial charge in [0.1, 0.15) is 0 Å². The second-order valence-corrected chi connectivity index (χ2v) is 6.73. The third kappa shape index (κ3) is 2.40. The minimum atomic E-state index is -0.230. The van der Waals surface area contributed by atoms with Gasteiger partial charge in [-0.15, -0.1) is 0 Å². The Morgan fingerprint density at radius 2 is 1.80 bits per heavy atom. The summed E-state index contributed by atoms with van der Waals surface area (Å²) in [7, 11) is 0. The van der Waals surface area contributed by atoms with Crippen LogP contribution in [0, 0.1) is 5.92 Å². The Kier molecular flexibility index (Phi) is 4.13. The molecule has 1 heterocycles. The van der Waals surface area contributed by atoms with Crippen molar-refractivity contribution < 1.29 is 5.11 Å². The van der Waals surface area contributed by atoms with Crippen LogP contribution in [0.1, 0.15) is 51.0 Å². The first kappa shape index (κ1) is 14.1. The van der Waals surface area contributed by atoms with Crippen LogP contribution in [0.5, 0.6) is 0 Å². The van der Waals surface area contributed by atoms with Gasteiger partial charge in [0.05, 0.1) is 11.6 Å². The highest BCUT2D eigenvalue weighted by atomic mass is 16.3. The number of nitrogens with zero attached hydrogens (tertiary/aromatic N) is 1. The Balaban J connectivity index is 1.98. The number of aliphatic hydroxyl groups excluding tert-OH is 1. The fraction of sp³-hybridized carbons (Fsp3) is 0.667. The van der Waals surface area contributed by atoms with E-state index in [1.807, 2.05) is 0 Å².